The van der Waals surface area contributed by atoms with Crippen LogP contribution in [0.2, 0.25) is 5.02 Å². The zero-order valence-corrected chi connectivity index (χ0v) is 22.5. The van der Waals surface area contributed by atoms with Gasteiger partial charge >= 0.3 is 0 Å². The quantitative estimate of drug-likeness (QED) is 0.323. The SMILES string of the molecule is COc1cc(N2CCN(CC=O)CC2)ccc1Nc1ncc(Cl)c(-c2cnc3cc(CN(C)C)ccn23)n1. The summed E-state index contributed by atoms with van der Waals surface area (Å²) in [6, 6.07) is 10.1. The maximum absolute atomic E-state index is 10.8. The average molecular weight is 535 g/mol. The number of imidazole rings is 1. The summed E-state index contributed by atoms with van der Waals surface area (Å²) in [4.78, 5) is 31.1. The molecule has 0 atom stereocenters. The van der Waals surface area contributed by atoms with Crippen LogP contribution in [0.3, 0.4) is 0 Å². The first-order chi connectivity index (χ1) is 18.4. The van der Waals surface area contributed by atoms with Crippen molar-refractivity contribution in [3.05, 3.63) is 59.5 Å². The van der Waals surface area contributed by atoms with Gasteiger partial charge in [0.25, 0.3) is 0 Å². The number of aldehydes is 1. The van der Waals surface area contributed by atoms with E-state index in [9.17, 15) is 4.79 Å². The second kappa shape index (κ2) is 11.3. The molecule has 0 aliphatic carbocycles. The molecule has 1 aliphatic heterocycles. The van der Waals surface area contributed by atoms with Crippen molar-refractivity contribution in [2.75, 3.05) is 64.1 Å². The maximum atomic E-state index is 10.8. The first-order valence-corrected chi connectivity index (χ1v) is 12.8. The summed E-state index contributed by atoms with van der Waals surface area (Å²) in [7, 11) is 5.72. The van der Waals surface area contributed by atoms with Crippen LogP contribution in [0.5, 0.6) is 5.75 Å². The summed E-state index contributed by atoms with van der Waals surface area (Å²) in [6.45, 7) is 4.71. The van der Waals surface area contributed by atoms with Crippen molar-refractivity contribution in [1.29, 1.82) is 0 Å². The molecular weight excluding hydrogens is 504 g/mol. The predicted octanol–water partition coefficient (Wildman–Crippen LogP) is 3.58. The lowest BCUT2D eigenvalue weighted by atomic mass is 10.2. The summed E-state index contributed by atoms with van der Waals surface area (Å²) < 4.78 is 7.66. The number of rotatable bonds is 9. The van der Waals surface area contributed by atoms with E-state index in [1.54, 1.807) is 19.5 Å². The molecule has 3 aromatic heterocycles. The lowest BCUT2D eigenvalue weighted by Gasteiger charge is -2.35. The van der Waals surface area contributed by atoms with Crippen molar-refractivity contribution in [3.63, 3.8) is 0 Å². The van der Waals surface area contributed by atoms with Crippen molar-refractivity contribution < 1.29 is 9.53 Å². The van der Waals surface area contributed by atoms with Crippen LogP contribution in [-0.4, -0.2) is 89.4 Å². The van der Waals surface area contributed by atoms with Crippen LogP contribution in [0.25, 0.3) is 17.0 Å². The summed E-state index contributed by atoms with van der Waals surface area (Å²) >= 11 is 6.53. The zero-order chi connectivity index (χ0) is 26.6. The number of carbonyl (C=O) groups excluding carboxylic acids is 1. The molecule has 1 aromatic carbocycles. The Balaban J connectivity index is 1.37. The molecule has 1 aliphatic rings. The number of nitrogens with zero attached hydrogens (tertiary/aromatic N) is 7. The Hall–Kier alpha value is -3.73. The monoisotopic (exact) mass is 534 g/mol. The highest BCUT2D eigenvalue weighted by molar-refractivity contribution is 6.32. The minimum Gasteiger partial charge on any atom is -0.494 e. The Morgan fingerprint density at radius 2 is 1.92 bits per heavy atom. The fourth-order valence-corrected chi connectivity index (χ4v) is 4.85. The Bertz CT molecular complexity index is 1430. The third kappa shape index (κ3) is 5.57. The van der Waals surface area contributed by atoms with Gasteiger partial charge in [0.15, 0.2) is 0 Å². The van der Waals surface area contributed by atoms with E-state index >= 15 is 0 Å². The number of piperazine rings is 1. The number of nitrogens with one attached hydrogen (secondary N) is 1. The number of carbonyl (C=O) groups is 1. The van der Waals surface area contributed by atoms with Gasteiger partial charge in [0.05, 0.1) is 42.5 Å². The van der Waals surface area contributed by atoms with Crippen molar-refractivity contribution in [3.8, 4) is 17.1 Å². The van der Waals surface area contributed by atoms with Crippen LogP contribution in [0.15, 0.2) is 48.9 Å². The van der Waals surface area contributed by atoms with Crippen molar-refractivity contribution in [2.45, 2.75) is 6.54 Å². The highest BCUT2D eigenvalue weighted by Crippen LogP contribution is 2.33. The third-order valence-electron chi connectivity index (χ3n) is 6.56. The predicted molar refractivity (Wildman–Crippen MR) is 150 cm³/mol. The van der Waals surface area contributed by atoms with Gasteiger partial charge in [-0.1, -0.05) is 11.6 Å². The number of halogens is 1. The van der Waals surface area contributed by atoms with Gasteiger partial charge in [0, 0.05) is 50.7 Å². The number of fused-ring (bicyclic) bond motifs is 1. The van der Waals surface area contributed by atoms with Crippen LogP contribution >= 0.6 is 11.6 Å². The van der Waals surface area contributed by atoms with Gasteiger partial charge in [-0.25, -0.2) is 15.0 Å². The van der Waals surface area contributed by atoms with Gasteiger partial charge < -0.3 is 24.6 Å². The van der Waals surface area contributed by atoms with Crippen molar-refractivity contribution in [2.24, 2.45) is 0 Å². The zero-order valence-electron chi connectivity index (χ0n) is 21.8. The van der Waals surface area contributed by atoms with Crippen LogP contribution in [-0.2, 0) is 11.3 Å². The minimum absolute atomic E-state index is 0.400. The molecule has 0 unspecified atom stereocenters. The van der Waals surface area contributed by atoms with E-state index < -0.39 is 0 Å². The molecule has 0 spiro atoms. The molecule has 0 radical (unpaired) electrons. The standard InChI is InChI=1S/C27H31ClN8O2/c1-33(2)18-19-6-7-36-23(17-29-25(36)14-19)26-21(28)16-30-27(32-26)31-22-5-4-20(15-24(22)38-3)35-10-8-34(9-11-35)12-13-37/h4-7,13-17H,8-12,18H2,1-3H3,(H,30,31,32). The molecule has 11 heteroatoms. The Morgan fingerprint density at radius 1 is 1.11 bits per heavy atom. The number of benzene rings is 1. The molecule has 198 valence electrons. The van der Waals surface area contributed by atoms with Crippen molar-refractivity contribution >= 4 is 40.9 Å². The lowest BCUT2D eigenvalue weighted by molar-refractivity contribution is -0.108. The summed E-state index contributed by atoms with van der Waals surface area (Å²) in [6.07, 6.45) is 6.31. The van der Waals surface area contributed by atoms with Crippen LogP contribution in [0.1, 0.15) is 5.56 Å². The average Bonchev–Trinajstić information content (AvgIpc) is 3.33. The summed E-state index contributed by atoms with van der Waals surface area (Å²) in [5.74, 6) is 1.08. The fraction of sp³-hybridized carbons (Fsp3) is 0.333. The number of pyridine rings is 1. The number of hydrogen-bond acceptors (Lipinski definition) is 9. The molecule has 38 heavy (non-hydrogen) atoms. The lowest BCUT2D eigenvalue weighted by Crippen LogP contribution is -2.46. The molecular formula is C27H31ClN8O2. The topological polar surface area (TPSA) is 91.1 Å². The number of aromatic nitrogens is 4. The van der Waals surface area contributed by atoms with Crippen LogP contribution < -0.4 is 15.0 Å². The van der Waals surface area contributed by atoms with E-state index in [4.69, 9.17) is 21.3 Å². The molecule has 10 nitrogen and oxygen atoms in total. The second-order valence-electron chi connectivity index (χ2n) is 9.50. The van der Waals surface area contributed by atoms with Crippen molar-refractivity contribution in [1.82, 2.24) is 29.2 Å². The largest absolute Gasteiger partial charge is 0.494 e. The van der Waals surface area contributed by atoms with Gasteiger partial charge in [-0.05, 0) is 43.9 Å². The highest BCUT2D eigenvalue weighted by atomic mass is 35.5. The summed E-state index contributed by atoms with van der Waals surface area (Å²) in [5.41, 5.74) is 5.18. The molecule has 5 rings (SSSR count). The highest BCUT2D eigenvalue weighted by Gasteiger charge is 2.19. The number of anilines is 3. The van der Waals surface area contributed by atoms with Gasteiger partial charge in [0.1, 0.15) is 23.4 Å². The van der Waals surface area contributed by atoms with Gasteiger partial charge in [-0.2, -0.15) is 0 Å². The number of methoxy groups -OCH3 is 1. The molecule has 0 bridgehead atoms. The molecule has 0 amide bonds. The molecule has 4 heterocycles. The number of ether oxygens (including phenoxy) is 1. The van der Waals surface area contributed by atoms with Crippen LogP contribution in [0, 0.1) is 0 Å². The summed E-state index contributed by atoms with van der Waals surface area (Å²) in [5, 5.41) is 3.71. The Kier molecular flexibility index (Phi) is 7.73. The first-order valence-electron chi connectivity index (χ1n) is 12.4. The Labute approximate surface area is 226 Å². The smallest absolute Gasteiger partial charge is 0.227 e. The van der Waals surface area contributed by atoms with E-state index in [1.807, 2.05) is 42.9 Å². The van der Waals surface area contributed by atoms with E-state index in [-0.39, 0.29) is 0 Å². The van der Waals surface area contributed by atoms with E-state index in [0.717, 1.165) is 61.7 Å². The molecule has 1 saturated heterocycles. The minimum atomic E-state index is 0.400. The maximum Gasteiger partial charge on any atom is 0.227 e. The van der Waals surface area contributed by atoms with Gasteiger partial charge in [-0.3, -0.25) is 9.30 Å². The van der Waals surface area contributed by atoms with E-state index in [0.29, 0.717) is 29.0 Å². The molecule has 0 saturated carbocycles. The normalized spacial score (nSPS) is 14.3. The Morgan fingerprint density at radius 3 is 2.66 bits per heavy atom. The molecule has 1 N–H and O–H groups in total. The third-order valence-corrected chi connectivity index (χ3v) is 6.84. The van der Waals surface area contributed by atoms with Gasteiger partial charge in [-0.15, -0.1) is 0 Å². The second-order valence-corrected chi connectivity index (χ2v) is 9.91. The van der Waals surface area contributed by atoms with E-state index in [1.165, 1.54) is 5.56 Å². The molecule has 1 fully saturated rings. The first kappa shape index (κ1) is 25.9. The van der Waals surface area contributed by atoms with Crippen LogP contribution in [0.4, 0.5) is 17.3 Å². The van der Waals surface area contributed by atoms with Gasteiger partial charge in [0.2, 0.25) is 5.95 Å². The van der Waals surface area contributed by atoms with E-state index in [2.05, 4.69) is 42.1 Å². The molecule has 4 aromatic rings. The fourth-order valence-electron chi connectivity index (χ4n) is 4.66. The number of hydrogen-bond donors (Lipinski definition) is 1.